The second kappa shape index (κ2) is 8.75. The number of pyridine rings is 1. The van der Waals surface area contributed by atoms with Gasteiger partial charge in [-0.1, -0.05) is 6.07 Å². The smallest absolute Gasteiger partial charge is 0.274 e. The molecular weight excluding hydrogens is 435 g/mol. The zero-order chi connectivity index (χ0) is 22.7. The summed E-state index contributed by atoms with van der Waals surface area (Å²) >= 11 is 0. The minimum atomic E-state index is -3.32. The van der Waals surface area contributed by atoms with Crippen molar-refractivity contribution in [2.45, 2.75) is 6.42 Å². The third-order valence-corrected chi connectivity index (χ3v) is 6.76. The van der Waals surface area contributed by atoms with Gasteiger partial charge in [0.15, 0.2) is 0 Å². The first-order valence-corrected chi connectivity index (χ1v) is 11.4. The molecule has 2 aromatic carbocycles. The number of hydrogen-bond donors (Lipinski definition) is 2. The number of nitrogens with one attached hydrogen (secondary N) is 2. The predicted octanol–water partition coefficient (Wildman–Crippen LogP) is 3.27. The van der Waals surface area contributed by atoms with Gasteiger partial charge in [0.25, 0.3) is 11.8 Å². The molecule has 3 aromatic rings. The molecule has 2 heterocycles. The van der Waals surface area contributed by atoms with Gasteiger partial charge in [-0.3, -0.25) is 18.9 Å². The van der Waals surface area contributed by atoms with Gasteiger partial charge in [0.05, 0.1) is 22.8 Å². The molecule has 0 saturated carbocycles. The molecule has 0 atom stereocenters. The Balaban J connectivity index is 1.52. The highest BCUT2D eigenvalue weighted by Crippen LogP contribution is 2.26. The highest BCUT2D eigenvalue weighted by Gasteiger charge is 2.28. The van der Waals surface area contributed by atoms with E-state index in [2.05, 4.69) is 15.6 Å². The number of anilines is 3. The van der Waals surface area contributed by atoms with Crippen LogP contribution in [-0.2, 0) is 10.0 Å². The summed E-state index contributed by atoms with van der Waals surface area (Å²) in [6, 6.07) is 14.5. The Bertz CT molecular complexity index is 1260. The number of aromatic nitrogens is 1. The lowest BCUT2D eigenvalue weighted by Crippen LogP contribution is -2.25. The molecule has 2 amide bonds. The lowest BCUT2D eigenvalue weighted by atomic mass is 10.1. The highest BCUT2D eigenvalue weighted by atomic mass is 32.2. The van der Waals surface area contributed by atoms with Crippen LogP contribution >= 0.6 is 0 Å². The molecule has 1 aliphatic rings. The SMILES string of the molecule is O=C(Nc1cc(F)ccc1NC(=O)c1ccccn1)c1ccc(N2CCCS2(=O)=O)cc1. The van der Waals surface area contributed by atoms with Gasteiger partial charge < -0.3 is 10.6 Å². The van der Waals surface area contributed by atoms with Crippen molar-refractivity contribution in [1.82, 2.24) is 4.98 Å². The van der Waals surface area contributed by atoms with Crippen molar-refractivity contribution in [3.8, 4) is 0 Å². The van der Waals surface area contributed by atoms with Gasteiger partial charge >= 0.3 is 0 Å². The molecule has 0 unspecified atom stereocenters. The van der Waals surface area contributed by atoms with Gasteiger partial charge in [-0.15, -0.1) is 0 Å². The molecular formula is C22H19FN4O4S. The highest BCUT2D eigenvalue weighted by molar-refractivity contribution is 7.93. The zero-order valence-corrected chi connectivity index (χ0v) is 17.6. The summed E-state index contributed by atoms with van der Waals surface area (Å²) in [5.74, 6) is -1.55. The number of hydrogen-bond acceptors (Lipinski definition) is 5. The molecule has 0 aliphatic carbocycles. The number of amides is 2. The van der Waals surface area contributed by atoms with Crippen molar-refractivity contribution in [2.75, 3.05) is 27.2 Å². The van der Waals surface area contributed by atoms with Crippen LogP contribution in [0.15, 0.2) is 66.9 Å². The number of sulfonamides is 1. The molecule has 0 bridgehead atoms. The minimum Gasteiger partial charge on any atom is -0.320 e. The van der Waals surface area contributed by atoms with E-state index in [9.17, 15) is 22.4 Å². The van der Waals surface area contributed by atoms with Crippen LogP contribution in [-0.4, -0.2) is 37.5 Å². The molecule has 1 saturated heterocycles. The number of rotatable bonds is 5. The van der Waals surface area contributed by atoms with Crippen molar-refractivity contribution in [1.29, 1.82) is 0 Å². The topological polar surface area (TPSA) is 108 Å². The van der Waals surface area contributed by atoms with Gasteiger partial charge in [-0.25, -0.2) is 12.8 Å². The van der Waals surface area contributed by atoms with Crippen molar-refractivity contribution in [3.63, 3.8) is 0 Å². The molecule has 1 aliphatic heterocycles. The minimum absolute atomic E-state index is 0.0745. The fraction of sp³-hybridized carbons (Fsp3) is 0.136. The maximum atomic E-state index is 13.8. The molecule has 0 radical (unpaired) electrons. The number of benzene rings is 2. The molecule has 8 nitrogen and oxygen atoms in total. The standard InChI is InChI=1S/C22H19FN4O4S/c23-16-7-10-18(25-22(29)19-4-1-2-11-24-19)20(14-16)26-21(28)15-5-8-17(9-6-15)27-12-3-13-32(27,30)31/h1-2,4-11,14H,3,12-13H2,(H,25,29)(H,26,28). The molecule has 1 fully saturated rings. The monoisotopic (exact) mass is 454 g/mol. The number of carbonyl (C=O) groups excluding carboxylic acids is 2. The fourth-order valence-electron chi connectivity index (χ4n) is 3.32. The summed E-state index contributed by atoms with van der Waals surface area (Å²) in [6.07, 6.45) is 2.02. The Hall–Kier alpha value is -3.79. The third kappa shape index (κ3) is 4.59. The second-order valence-electron chi connectivity index (χ2n) is 7.10. The number of halogens is 1. The third-order valence-electron chi connectivity index (χ3n) is 4.89. The fourth-order valence-corrected chi connectivity index (χ4v) is 4.88. The summed E-state index contributed by atoms with van der Waals surface area (Å²) in [4.78, 5) is 29.1. The first-order valence-electron chi connectivity index (χ1n) is 9.77. The average Bonchev–Trinajstić information content (AvgIpc) is 3.15. The van der Waals surface area contributed by atoms with Crippen LogP contribution < -0.4 is 14.9 Å². The molecule has 2 N–H and O–H groups in total. The van der Waals surface area contributed by atoms with Gasteiger partial charge in [-0.2, -0.15) is 0 Å². The van der Waals surface area contributed by atoms with Gasteiger partial charge in [0, 0.05) is 18.3 Å². The van der Waals surface area contributed by atoms with Crippen LogP contribution in [0.25, 0.3) is 0 Å². The van der Waals surface area contributed by atoms with Crippen molar-refractivity contribution in [3.05, 3.63) is 83.9 Å². The Labute approximate surface area is 184 Å². The Morgan fingerprint density at radius 2 is 1.69 bits per heavy atom. The number of carbonyl (C=O) groups is 2. The summed E-state index contributed by atoms with van der Waals surface area (Å²) in [6.45, 7) is 0.399. The van der Waals surface area contributed by atoms with E-state index in [0.29, 0.717) is 18.7 Å². The quantitative estimate of drug-likeness (QED) is 0.615. The van der Waals surface area contributed by atoms with Gasteiger partial charge in [0.1, 0.15) is 11.5 Å². The van der Waals surface area contributed by atoms with Crippen LogP contribution in [0.3, 0.4) is 0 Å². The maximum absolute atomic E-state index is 13.8. The van der Waals surface area contributed by atoms with E-state index < -0.39 is 27.7 Å². The average molecular weight is 454 g/mol. The van der Waals surface area contributed by atoms with Crippen LogP contribution in [0.1, 0.15) is 27.3 Å². The molecule has 10 heteroatoms. The zero-order valence-electron chi connectivity index (χ0n) is 16.8. The normalized spacial score (nSPS) is 14.7. The lowest BCUT2D eigenvalue weighted by Gasteiger charge is -2.17. The molecule has 4 rings (SSSR count). The van der Waals surface area contributed by atoms with Crippen molar-refractivity contribution in [2.24, 2.45) is 0 Å². The van der Waals surface area contributed by atoms with E-state index in [1.54, 1.807) is 24.3 Å². The summed E-state index contributed by atoms with van der Waals surface area (Å²) in [5.41, 5.74) is 1.17. The van der Waals surface area contributed by atoms with E-state index in [4.69, 9.17) is 0 Å². The largest absolute Gasteiger partial charge is 0.320 e. The second-order valence-corrected chi connectivity index (χ2v) is 9.11. The van der Waals surface area contributed by atoms with Crippen LogP contribution in [0, 0.1) is 5.82 Å². The van der Waals surface area contributed by atoms with Gasteiger partial charge in [-0.05, 0) is 61.0 Å². The Morgan fingerprint density at radius 3 is 2.34 bits per heavy atom. The Kier molecular flexibility index (Phi) is 5.87. The van der Waals surface area contributed by atoms with E-state index in [1.807, 2.05) is 0 Å². The number of nitrogens with zero attached hydrogens (tertiary/aromatic N) is 2. The maximum Gasteiger partial charge on any atom is 0.274 e. The van der Waals surface area contributed by atoms with Crippen LogP contribution in [0.5, 0.6) is 0 Å². The first-order chi connectivity index (χ1) is 15.3. The van der Waals surface area contributed by atoms with E-state index in [0.717, 1.165) is 12.1 Å². The predicted molar refractivity (Wildman–Crippen MR) is 119 cm³/mol. The van der Waals surface area contributed by atoms with E-state index in [-0.39, 0.29) is 28.4 Å². The van der Waals surface area contributed by atoms with Crippen LogP contribution in [0.4, 0.5) is 21.5 Å². The summed E-state index contributed by atoms with van der Waals surface area (Å²) in [7, 11) is -3.32. The molecule has 1 aromatic heterocycles. The Morgan fingerprint density at radius 1 is 0.938 bits per heavy atom. The lowest BCUT2D eigenvalue weighted by molar-refractivity contribution is 0.101. The van der Waals surface area contributed by atoms with Crippen molar-refractivity contribution >= 4 is 38.9 Å². The van der Waals surface area contributed by atoms with Crippen molar-refractivity contribution < 1.29 is 22.4 Å². The first kappa shape index (κ1) is 21.4. The molecule has 0 spiro atoms. The van der Waals surface area contributed by atoms with E-state index in [1.165, 1.54) is 34.8 Å². The van der Waals surface area contributed by atoms with Crippen LogP contribution in [0.2, 0.25) is 0 Å². The summed E-state index contributed by atoms with van der Waals surface area (Å²) in [5, 5.41) is 5.19. The summed E-state index contributed by atoms with van der Waals surface area (Å²) < 4.78 is 39.2. The van der Waals surface area contributed by atoms with Gasteiger partial charge in [0.2, 0.25) is 10.0 Å². The molecule has 32 heavy (non-hydrogen) atoms. The molecule has 164 valence electrons. The van der Waals surface area contributed by atoms with E-state index >= 15 is 0 Å².